The lowest BCUT2D eigenvalue weighted by atomic mass is 10.2. The van der Waals surface area contributed by atoms with Gasteiger partial charge in [-0.25, -0.2) is 4.79 Å². The van der Waals surface area contributed by atoms with Gasteiger partial charge >= 0.3 is 5.97 Å². The SMILES string of the molecule is COC(=O)C(CN1CCc2ccccc21)NC(C)=O. The third kappa shape index (κ3) is 3.05. The number of benzene rings is 1. The number of fused-ring (bicyclic) bond motifs is 1. The molecular formula is C14H18N2O3. The van der Waals surface area contributed by atoms with E-state index in [0.29, 0.717) is 6.54 Å². The van der Waals surface area contributed by atoms with Crippen molar-refractivity contribution in [2.24, 2.45) is 0 Å². The van der Waals surface area contributed by atoms with Crippen molar-refractivity contribution in [3.05, 3.63) is 29.8 Å². The van der Waals surface area contributed by atoms with Gasteiger partial charge in [-0.15, -0.1) is 0 Å². The number of ether oxygens (including phenoxy) is 1. The zero-order valence-electron chi connectivity index (χ0n) is 11.2. The number of carbonyl (C=O) groups excluding carboxylic acids is 2. The van der Waals surface area contributed by atoms with Gasteiger partial charge in [-0.3, -0.25) is 4.79 Å². The predicted molar refractivity (Wildman–Crippen MR) is 72.0 cm³/mol. The van der Waals surface area contributed by atoms with Crippen molar-refractivity contribution in [3.63, 3.8) is 0 Å². The number of rotatable bonds is 4. The highest BCUT2D eigenvalue weighted by molar-refractivity contribution is 5.84. The maximum atomic E-state index is 11.7. The Balaban J connectivity index is 2.10. The Kier molecular flexibility index (Phi) is 4.04. The second-order valence-corrected chi connectivity index (χ2v) is 4.60. The van der Waals surface area contributed by atoms with Crippen LogP contribution in [0.15, 0.2) is 24.3 Å². The van der Waals surface area contributed by atoms with E-state index in [1.807, 2.05) is 18.2 Å². The second-order valence-electron chi connectivity index (χ2n) is 4.60. The van der Waals surface area contributed by atoms with Crippen molar-refractivity contribution < 1.29 is 14.3 Å². The van der Waals surface area contributed by atoms with Crippen LogP contribution in [0.3, 0.4) is 0 Å². The van der Waals surface area contributed by atoms with E-state index < -0.39 is 12.0 Å². The first kappa shape index (κ1) is 13.4. The number of hydrogen-bond acceptors (Lipinski definition) is 4. The van der Waals surface area contributed by atoms with E-state index in [0.717, 1.165) is 18.7 Å². The largest absolute Gasteiger partial charge is 0.467 e. The number of nitrogens with one attached hydrogen (secondary N) is 1. The molecule has 1 amide bonds. The third-order valence-electron chi connectivity index (χ3n) is 3.25. The summed E-state index contributed by atoms with van der Waals surface area (Å²) in [6.07, 6.45) is 0.962. The molecule has 1 unspecified atom stereocenters. The molecule has 2 rings (SSSR count). The van der Waals surface area contributed by atoms with Crippen LogP contribution in [0, 0.1) is 0 Å². The quantitative estimate of drug-likeness (QED) is 0.813. The number of carbonyl (C=O) groups is 2. The van der Waals surface area contributed by atoms with Gasteiger partial charge in [0.1, 0.15) is 6.04 Å². The third-order valence-corrected chi connectivity index (χ3v) is 3.25. The first-order valence-electron chi connectivity index (χ1n) is 6.29. The van der Waals surface area contributed by atoms with Crippen molar-refractivity contribution in [2.75, 3.05) is 25.1 Å². The molecule has 0 fully saturated rings. The molecule has 0 saturated carbocycles. The summed E-state index contributed by atoms with van der Waals surface area (Å²) in [5, 5.41) is 2.63. The number of methoxy groups -OCH3 is 1. The average molecular weight is 262 g/mol. The van der Waals surface area contributed by atoms with E-state index >= 15 is 0 Å². The van der Waals surface area contributed by atoms with Crippen molar-refractivity contribution in [1.82, 2.24) is 5.32 Å². The number of amides is 1. The van der Waals surface area contributed by atoms with Crippen LogP contribution in [0.25, 0.3) is 0 Å². The van der Waals surface area contributed by atoms with Crippen molar-refractivity contribution in [1.29, 1.82) is 0 Å². The fourth-order valence-corrected chi connectivity index (χ4v) is 2.38. The van der Waals surface area contributed by atoms with E-state index in [-0.39, 0.29) is 5.91 Å². The minimum absolute atomic E-state index is 0.233. The molecule has 1 aromatic rings. The fourth-order valence-electron chi connectivity index (χ4n) is 2.38. The summed E-state index contributed by atoms with van der Waals surface area (Å²) in [6, 6.07) is 7.47. The molecule has 1 atom stereocenters. The second kappa shape index (κ2) is 5.73. The van der Waals surface area contributed by atoms with Gasteiger partial charge in [0.15, 0.2) is 0 Å². The summed E-state index contributed by atoms with van der Waals surface area (Å²) < 4.78 is 4.73. The van der Waals surface area contributed by atoms with Crippen LogP contribution in [0.2, 0.25) is 0 Å². The van der Waals surface area contributed by atoms with E-state index in [1.165, 1.54) is 19.6 Å². The number of esters is 1. The van der Waals surface area contributed by atoms with Gasteiger partial charge in [0, 0.05) is 25.7 Å². The van der Waals surface area contributed by atoms with Crippen LogP contribution >= 0.6 is 0 Å². The predicted octanol–water partition coefficient (Wildman–Crippen LogP) is 0.727. The van der Waals surface area contributed by atoms with E-state index in [1.54, 1.807) is 0 Å². The number of para-hydroxylation sites is 1. The Morgan fingerprint density at radius 3 is 2.84 bits per heavy atom. The number of nitrogens with zero attached hydrogens (tertiary/aromatic N) is 1. The van der Waals surface area contributed by atoms with Gasteiger partial charge in [-0.05, 0) is 18.1 Å². The normalized spacial score (nSPS) is 14.7. The molecule has 5 nitrogen and oxygen atoms in total. The maximum absolute atomic E-state index is 11.7. The molecule has 5 heteroatoms. The van der Waals surface area contributed by atoms with Crippen LogP contribution in [0.1, 0.15) is 12.5 Å². The average Bonchev–Trinajstić information content (AvgIpc) is 2.80. The Morgan fingerprint density at radius 1 is 1.42 bits per heavy atom. The van der Waals surface area contributed by atoms with Crippen molar-refractivity contribution in [2.45, 2.75) is 19.4 Å². The van der Waals surface area contributed by atoms with Gasteiger partial charge in [0.25, 0.3) is 0 Å². The molecule has 0 radical (unpaired) electrons. The summed E-state index contributed by atoms with van der Waals surface area (Å²) in [5.41, 5.74) is 2.40. The molecule has 19 heavy (non-hydrogen) atoms. The van der Waals surface area contributed by atoms with Gasteiger partial charge < -0.3 is 15.0 Å². The summed E-state index contributed by atoms with van der Waals surface area (Å²) in [7, 11) is 1.33. The molecule has 1 aliphatic heterocycles. The zero-order chi connectivity index (χ0) is 13.8. The monoisotopic (exact) mass is 262 g/mol. The highest BCUT2D eigenvalue weighted by atomic mass is 16.5. The van der Waals surface area contributed by atoms with Crippen molar-refractivity contribution in [3.8, 4) is 0 Å². The minimum atomic E-state index is -0.631. The van der Waals surface area contributed by atoms with E-state index in [9.17, 15) is 9.59 Å². The molecule has 0 aromatic heterocycles. The first-order valence-corrected chi connectivity index (χ1v) is 6.29. The molecule has 1 heterocycles. The van der Waals surface area contributed by atoms with Crippen LogP contribution in [-0.4, -0.2) is 38.1 Å². The molecule has 1 aromatic carbocycles. The molecule has 0 spiro atoms. The molecule has 1 aliphatic rings. The summed E-state index contributed by atoms with van der Waals surface area (Å²) in [4.78, 5) is 24.9. The lowest BCUT2D eigenvalue weighted by Gasteiger charge is -2.24. The topological polar surface area (TPSA) is 58.6 Å². The van der Waals surface area contributed by atoms with Crippen LogP contribution < -0.4 is 10.2 Å². The minimum Gasteiger partial charge on any atom is -0.467 e. The zero-order valence-corrected chi connectivity index (χ0v) is 11.2. The van der Waals surface area contributed by atoms with Gasteiger partial charge in [0.05, 0.1) is 7.11 Å². The lowest BCUT2D eigenvalue weighted by Crippen LogP contribution is -2.48. The summed E-state index contributed by atoms with van der Waals surface area (Å²) in [6.45, 7) is 2.68. The molecule has 0 aliphatic carbocycles. The Bertz CT molecular complexity index is 487. The molecule has 0 bridgehead atoms. The molecule has 1 N–H and O–H groups in total. The molecule has 102 valence electrons. The fraction of sp³-hybridized carbons (Fsp3) is 0.429. The van der Waals surface area contributed by atoms with Crippen LogP contribution in [0.4, 0.5) is 5.69 Å². The van der Waals surface area contributed by atoms with E-state index in [4.69, 9.17) is 4.74 Å². The summed E-state index contributed by atoms with van der Waals surface area (Å²) >= 11 is 0. The highest BCUT2D eigenvalue weighted by Crippen LogP contribution is 2.27. The first-order chi connectivity index (χ1) is 9.11. The van der Waals surface area contributed by atoms with Crippen molar-refractivity contribution >= 4 is 17.6 Å². The van der Waals surface area contributed by atoms with E-state index in [2.05, 4.69) is 16.3 Å². The Hall–Kier alpha value is -2.04. The Morgan fingerprint density at radius 2 is 2.16 bits per heavy atom. The summed E-state index contributed by atoms with van der Waals surface area (Å²) in [5.74, 6) is -0.650. The van der Waals surface area contributed by atoms with Gasteiger partial charge in [-0.1, -0.05) is 18.2 Å². The maximum Gasteiger partial charge on any atom is 0.330 e. The van der Waals surface area contributed by atoms with Crippen LogP contribution in [-0.2, 0) is 20.7 Å². The number of anilines is 1. The smallest absolute Gasteiger partial charge is 0.330 e. The highest BCUT2D eigenvalue weighted by Gasteiger charge is 2.26. The van der Waals surface area contributed by atoms with Crippen LogP contribution in [0.5, 0.6) is 0 Å². The van der Waals surface area contributed by atoms with Gasteiger partial charge in [-0.2, -0.15) is 0 Å². The molecular weight excluding hydrogens is 244 g/mol. The standard InChI is InChI=1S/C14H18N2O3/c1-10(17)15-12(14(18)19-2)9-16-8-7-11-5-3-4-6-13(11)16/h3-6,12H,7-9H2,1-2H3,(H,15,17). The Labute approximate surface area is 112 Å². The lowest BCUT2D eigenvalue weighted by molar-refractivity contribution is -0.144. The number of hydrogen-bond donors (Lipinski definition) is 1. The van der Waals surface area contributed by atoms with Gasteiger partial charge in [0.2, 0.25) is 5.91 Å². The molecule has 0 saturated heterocycles.